The molecule has 2 nitrogen and oxygen atoms in total. The molecule has 2 heteroatoms. The second-order valence-electron chi connectivity index (χ2n) is 1.36. The summed E-state index contributed by atoms with van der Waals surface area (Å²) >= 11 is 0. The van der Waals surface area contributed by atoms with E-state index in [-0.39, 0.29) is 0 Å². The lowest BCUT2D eigenvalue weighted by molar-refractivity contribution is 1.31. The quantitative estimate of drug-likeness (QED) is 0.543. The van der Waals surface area contributed by atoms with E-state index >= 15 is 0 Å². The molecule has 0 aliphatic heterocycles. The van der Waals surface area contributed by atoms with Crippen molar-refractivity contribution in [2.45, 2.75) is 0 Å². The zero-order valence-electron chi connectivity index (χ0n) is 4.33. The van der Waals surface area contributed by atoms with Crippen molar-refractivity contribution in [3.63, 3.8) is 0 Å². The highest BCUT2D eigenvalue weighted by Crippen LogP contribution is 1.96. The van der Waals surface area contributed by atoms with Gasteiger partial charge in [0, 0.05) is 6.20 Å². The van der Waals surface area contributed by atoms with E-state index < -0.39 is 0 Å². The Hall–Kier alpha value is -1.05. The molecule has 0 spiro atoms. The van der Waals surface area contributed by atoms with Crippen molar-refractivity contribution in [2.24, 2.45) is 0 Å². The normalized spacial score (nSPS) is 8.62. The lowest BCUT2D eigenvalue weighted by Gasteiger charge is -1.92. The van der Waals surface area contributed by atoms with E-state index in [1.165, 1.54) is 0 Å². The molecule has 0 fully saturated rings. The number of anilines is 1. The first-order valence-electron chi connectivity index (χ1n) is 2.31. The second kappa shape index (κ2) is 2.31. The molecule has 1 aromatic heterocycles. The van der Waals surface area contributed by atoms with Crippen LogP contribution < -0.4 is 5.32 Å². The van der Waals surface area contributed by atoms with Crippen LogP contribution in [-0.4, -0.2) is 4.98 Å². The maximum Gasteiger partial charge on any atom is 0.126 e. The Morgan fingerprint density at radius 1 is 1.50 bits per heavy atom. The molecule has 0 bridgehead atoms. The van der Waals surface area contributed by atoms with Crippen LogP contribution in [0.4, 0.5) is 5.82 Å². The molecule has 1 rings (SSSR count). The van der Waals surface area contributed by atoms with E-state index in [9.17, 15) is 0 Å². The molecule has 0 unspecified atom stereocenters. The minimum absolute atomic E-state index is 0.688. The van der Waals surface area contributed by atoms with Gasteiger partial charge in [-0.1, -0.05) is 6.07 Å². The highest BCUT2D eigenvalue weighted by molar-refractivity contribution is 5.32. The standard InChI is InChI=1S/C6H6N2/c1-7-6-4-2-3-5-8-6/h1-5H,(H,7,8). The van der Waals surface area contributed by atoms with Crippen molar-refractivity contribution in [3.05, 3.63) is 31.4 Å². The monoisotopic (exact) mass is 106 g/mol. The van der Waals surface area contributed by atoms with E-state index in [1.807, 2.05) is 12.1 Å². The zero-order valence-corrected chi connectivity index (χ0v) is 4.33. The largest absolute Gasteiger partial charge is 0.363 e. The Balaban J connectivity index is 2.83. The van der Waals surface area contributed by atoms with Gasteiger partial charge in [-0.05, 0) is 12.1 Å². The minimum Gasteiger partial charge on any atom is -0.363 e. The predicted molar refractivity (Wildman–Crippen MR) is 32.2 cm³/mol. The van der Waals surface area contributed by atoms with Gasteiger partial charge < -0.3 is 5.32 Å². The smallest absolute Gasteiger partial charge is 0.126 e. The van der Waals surface area contributed by atoms with E-state index in [0.29, 0.717) is 5.82 Å². The van der Waals surface area contributed by atoms with Gasteiger partial charge in [0.1, 0.15) is 5.82 Å². The Bertz CT molecular complexity index is 148. The van der Waals surface area contributed by atoms with Gasteiger partial charge >= 0.3 is 0 Å². The number of aromatic nitrogens is 1. The topological polar surface area (TPSA) is 24.9 Å². The van der Waals surface area contributed by atoms with Crippen LogP contribution in [0.25, 0.3) is 0 Å². The summed E-state index contributed by atoms with van der Waals surface area (Å²) in [4.78, 5) is 3.86. The Kier molecular flexibility index (Phi) is 1.47. The number of nitrogens with one attached hydrogen (secondary N) is 1. The molecule has 1 N–H and O–H groups in total. The van der Waals surface area contributed by atoms with Gasteiger partial charge in [-0.2, -0.15) is 0 Å². The Morgan fingerprint density at radius 2 is 2.38 bits per heavy atom. The van der Waals surface area contributed by atoms with Crippen LogP contribution in [0.5, 0.6) is 0 Å². The zero-order chi connectivity index (χ0) is 5.82. The SMILES string of the molecule is [CH]Nc1ccccn1. The average Bonchev–Trinajstić information content (AvgIpc) is 1.90. The van der Waals surface area contributed by atoms with Gasteiger partial charge in [0.25, 0.3) is 0 Å². The summed E-state index contributed by atoms with van der Waals surface area (Å²) in [6.45, 7) is 0. The van der Waals surface area contributed by atoms with Crippen molar-refractivity contribution in [3.8, 4) is 0 Å². The third-order valence-corrected chi connectivity index (χ3v) is 0.813. The van der Waals surface area contributed by atoms with Crippen LogP contribution in [0, 0.1) is 7.05 Å². The molecule has 1 heterocycles. The van der Waals surface area contributed by atoms with Gasteiger partial charge in [-0.25, -0.2) is 4.98 Å². The predicted octanol–water partition coefficient (Wildman–Crippen LogP) is 1.16. The van der Waals surface area contributed by atoms with E-state index in [0.717, 1.165) is 0 Å². The van der Waals surface area contributed by atoms with Crippen molar-refractivity contribution in [2.75, 3.05) is 5.32 Å². The summed E-state index contributed by atoms with van der Waals surface area (Å²) in [7, 11) is 5.04. The molecule has 0 saturated carbocycles. The van der Waals surface area contributed by atoms with Crippen LogP contribution >= 0.6 is 0 Å². The first-order chi connectivity index (χ1) is 3.93. The summed E-state index contributed by atoms with van der Waals surface area (Å²) in [5.74, 6) is 0.688. The van der Waals surface area contributed by atoms with E-state index in [4.69, 9.17) is 7.05 Å². The van der Waals surface area contributed by atoms with Crippen molar-refractivity contribution in [1.29, 1.82) is 0 Å². The summed E-state index contributed by atoms with van der Waals surface area (Å²) in [6, 6.07) is 5.49. The van der Waals surface area contributed by atoms with Gasteiger partial charge in [-0.3, -0.25) is 0 Å². The van der Waals surface area contributed by atoms with E-state index in [1.54, 1.807) is 12.3 Å². The molecule has 0 aromatic carbocycles. The highest BCUT2D eigenvalue weighted by atomic mass is 14.9. The van der Waals surface area contributed by atoms with Crippen LogP contribution in [-0.2, 0) is 0 Å². The van der Waals surface area contributed by atoms with Crippen LogP contribution in [0.2, 0.25) is 0 Å². The minimum atomic E-state index is 0.688. The fraction of sp³-hybridized carbons (Fsp3) is 0. The molecule has 0 amide bonds. The molecular formula is C6H6N2. The Labute approximate surface area is 48.6 Å². The molecule has 0 saturated heterocycles. The molecule has 2 radical (unpaired) electrons. The number of nitrogens with zero attached hydrogens (tertiary/aromatic N) is 1. The Morgan fingerprint density at radius 3 is 2.75 bits per heavy atom. The maximum atomic E-state index is 5.04. The summed E-state index contributed by atoms with van der Waals surface area (Å²) in [5, 5.41) is 2.42. The second-order valence-corrected chi connectivity index (χ2v) is 1.36. The lowest BCUT2D eigenvalue weighted by Crippen LogP contribution is -1.85. The highest BCUT2D eigenvalue weighted by Gasteiger charge is 1.80. The molecule has 0 aliphatic carbocycles. The summed E-state index contributed by atoms with van der Waals surface area (Å²) in [6.07, 6.45) is 1.68. The fourth-order valence-corrected chi connectivity index (χ4v) is 0.448. The first-order valence-corrected chi connectivity index (χ1v) is 2.31. The summed E-state index contributed by atoms with van der Waals surface area (Å²) in [5.41, 5.74) is 0. The van der Waals surface area contributed by atoms with Crippen molar-refractivity contribution < 1.29 is 0 Å². The van der Waals surface area contributed by atoms with Crippen molar-refractivity contribution >= 4 is 5.82 Å². The lowest BCUT2D eigenvalue weighted by atomic mass is 10.5. The number of rotatable bonds is 1. The van der Waals surface area contributed by atoms with Crippen LogP contribution in [0.3, 0.4) is 0 Å². The molecular weight excluding hydrogens is 100 g/mol. The average molecular weight is 106 g/mol. The van der Waals surface area contributed by atoms with Crippen LogP contribution in [0.1, 0.15) is 0 Å². The molecule has 40 valence electrons. The fourth-order valence-electron chi connectivity index (χ4n) is 0.448. The van der Waals surface area contributed by atoms with Gasteiger partial charge in [0.2, 0.25) is 0 Å². The molecule has 8 heavy (non-hydrogen) atoms. The van der Waals surface area contributed by atoms with Crippen LogP contribution in [0.15, 0.2) is 24.4 Å². The van der Waals surface area contributed by atoms with E-state index in [2.05, 4.69) is 10.3 Å². The number of pyridine rings is 1. The van der Waals surface area contributed by atoms with Gasteiger partial charge in [-0.15, -0.1) is 0 Å². The number of hydrogen-bond acceptors (Lipinski definition) is 2. The van der Waals surface area contributed by atoms with Crippen molar-refractivity contribution in [1.82, 2.24) is 4.98 Å². The number of hydrogen-bond donors (Lipinski definition) is 1. The third kappa shape index (κ3) is 0.964. The molecule has 0 aliphatic rings. The molecule has 0 atom stereocenters. The molecule has 1 aromatic rings. The maximum absolute atomic E-state index is 5.04. The van der Waals surface area contributed by atoms with Gasteiger partial charge in [0.05, 0.1) is 7.05 Å². The first kappa shape index (κ1) is 5.09. The third-order valence-electron chi connectivity index (χ3n) is 0.813. The van der Waals surface area contributed by atoms with Gasteiger partial charge in [0.15, 0.2) is 0 Å². The summed E-state index contributed by atoms with van der Waals surface area (Å²) < 4.78 is 0.